The van der Waals surface area contributed by atoms with Crippen molar-refractivity contribution in [3.05, 3.63) is 0 Å². The van der Waals surface area contributed by atoms with Gasteiger partial charge < -0.3 is 0 Å². The normalized spacial score (nSPS) is 51.6. The van der Waals surface area contributed by atoms with E-state index in [2.05, 4.69) is 13.8 Å². The molecule has 0 aliphatic heterocycles. The van der Waals surface area contributed by atoms with E-state index in [9.17, 15) is 4.79 Å². The van der Waals surface area contributed by atoms with Crippen LogP contribution < -0.4 is 0 Å². The van der Waals surface area contributed by atoms with Gasteiger partial charge in [-0.3, -0.25) is 4.79 Å². The van der Waals surface area contributed by atoms with Gasteiger partial charge in [0.05, 0.1) is 0 Å². The van der Waals surface area contributed by atoms with Crippen LogP contribution >= 0.6 is 0 Å². The van der Waals surface area contributed by atoms with E-state index in [-0.39, 0.29) is 11.2 Å². The summed E-state index contributed by atoms with van der Waals surface area (Å²) in [5.41, 5.74) is 0.278. The maximum Gasteiger partial charge on any atom is 0.133 e. The molecule has 2 bridgehead atoms. The molecule has 0 aromatic carbocycles. The van der Waals surface area contributed by atoms with Gasteiger partial charge in [0.15, 0.2) is 0 Å². The Morgan fingerprint density at radius 1 is 1.60 bits per heavy atom. The standard InChI is InChI=1S/C9H14O/c1-9(2)6-3-7(9)5-8(10)4-6/h6-7H,3-5H2,1-2H3/t6-,7+/i4D/t4-,6+,7-/m1/s1. The van der Waals surface area contributed by atoms with E-state index in [4.69, 9.17) is 1.37 Å². The Morgan fingerprint density at radius 2 is 2.30 bits per heavy atom. The Labute approximate surface area is 63.2 Å². The van der Waals surface area contributed by atoms with Gasteiger partial charge in [-0.05, 0) is 23.7 Å². The predicted octanol–water partition coefficient (Wildman–Crippen LogP) is 2.01. The van der Waals surface area contributed by atoms with Crippen LogP contribution in [0.3, 0.4) is 0 Å². The quantitative estimate of drug-likeness (QED) is 0.501. The second-order valence-corrected chi connectivity index (χ2v) is 4.20. The Bertz CT molecular complexity index is 210. The van der Waals surface area contributed by atoms with Crippen molar-refractivity contribution in [3.63, 3.8) is 0 Å². The number of hydrogen-bond acceptors (Lipinski definition) is 1. The zero-order valence-electron chi connectivity index (χ0n) is 7.55. The van der Waals surface area contributed by atoms with Crippen molar-refractivity contribution in [1.82, 2.24) is 0 Å². The molecule has 0 N–H and O–H groups in total. The first-order chi connectivity index (χ1) is 5.03. The molecule has 0 amide bonds. The molecule has 10 heavy (non-hydrogen) atoms. The number of rotatable bonds is 0. The molecule has 3 fully saturated rings. The van der Waals surface area contributed by atoms with E-state index in [1.54, 1.807) is 0 Å². The molecule has 0 unspecified atom stereocenters. The minimum atomic E-state index is -0.407. The van der Waals surface area contributed by atoms with Crippen molar-refractivity contribution in [2.45, 2.75) is 33.1 Å². The van der Waals surface area contributed by atoms with E-state index in [0.717, 1.165) is 6.42 Å². The first-order valence-electron chi connectivity index (χ1n) is 4.56. The maximum absolute atomic E-state index is 11.1. The fourth-order valence-corrected chi connectivity index (χ4v) is 2.22. The molecule has 56 valence electrons. The van der Waals surface area contributed by atoms with Crippen LogP contribution in [-0.2, 0) is 4.79 Å². The lowest BCUT2D eigenvalue weighted by Gasteiger charge is -2.55. The van der Waals surface area contributed by atoms with Gasteiger partial charge in [0, 0.05) is 14.2 Å². The van der Waals surface area contributed by atoms with Gasteiger partial charge >= 0.3 is 0 Å². The zero-order valence-corrected chi connectivity index (χ0v) is 6.55. The number of Topliss-reactive ketones (excluding diaryl/α,β-unsaturated/α-hetero) is 1. The fraction of sp³-hybridized carbons (Fsp3) is 0.889. The van der Waals surface area contributed by atoms with Gasteiger partial charge in [-0.1, -0.05) is 13.8 Å². The Hall–Kier alpha value is -0.330. The van der Waals surface area contributed by atoms with E-state index < -0.39 is 6.40 Å². The zero-order chi connectivity index (χ0) is 8.22. The van der Waals surface area contributed by atoms with Crippen molar-refractivity contribution >= 4 is 5.78 Å². The molecule has 3 aliphatic rings. The lowest BCUT2D eigenvalue weighted by atomic mass is 9.49. The maximum atomic E-state index is 11.1. The van der Waals surface area contributed by atoms with Crippen LogP contribution in [0.5, 0.6) is 0 Å². The fourth-order valence-electron chi connectivity index (χ4n) is 2.22. The van der Waals surface area contributed by atoms with E-state index in [1.165, 1.54) is 0 Å². The van der Waals surface area contributed by atoms with Gasteiger partial charge in [-0.15, -0.1) is 0 Å². The average molecular weight is 139 g/mol. The van der Waals surface area contributed by atoms with Crippen molar-refractivity contribution in [3.8, 4) is 0 Å². The van der Waals surface area contributed by atoms with Gasteiger partial charge in [0.1, 0.15) is 5.78 Å². The minimum absolute atomic E-state index is 0.172. The molecule has 0 heterocycles. The van der Waals surface area contributed by atoms with Gasteiger partial charge in [-0.25, -0.2) is 0 Å². The monoisotopic (exact) mass is 139 g/mol. The van der Waals surface area contributed by atoms with Gasteiger partial charge in [0.25, 0.3) is 0 Å². The molecule has 0 aromatic heterocycles. The highest BCUT2D eigenvalue weighted by Crippen LogP contribution is 2.57. The molecule has 3 saturated carbocycles. The molecule has 1 heteroatoms. The van der Waals surface area contributed by atoms with Crippen molar-refractivity contribution < 1.29 is 6.17 Å². The van der Waals surface area contributed by atoms with E-state index >= 15 is 0 Å². The summed E-state index contributed by atoms with van der Waals surface area (Å²) < 4.78 is 7.63. The van der Waals surface area contributed by atoms with Crippen molar-refractivity contribution in [2.24, 2.45) is 17.3 Å². The summed E-state index contributed by atoms with van der Waals surface area (Å²) in [4.78, 5) is 11.1. The van der Waals surface area contributed by atoms with Crippen molar-refractivity contribution in [1.29, 1.82) is 0 Å². The minimum Gasteiger partial charge on any atom is -0.300 e. The molecule has 0 saturated heterocycles. The first-order valence-corrected chi connectivity index (χ1v) is 3.98. The first kappa shape index (κ1) is 5.34. The molecular weight excluding hydrogens is 124 g/mol. The Kier molecular flexibility index (Phi) is 0.872. The van der Waals surface area contributed by atoms with Gasteiger partial charge in [0.2, 0.25) is 0 Å². The van der Waals surface area contributed by atoms with Crippen LogP contribution in [0.1, 0.15) is 34.5 Å². The highest BCUT2D eigenvalue weighted by atomic mass is 16.1. The molecule has 1 nitrogen and oxygen atoms in total. The number of fused-ring (bicyclic) bond motifs is 2. The van der Waals surface area contributed by atoms with Crippen LogP contribution in [0.15, 0.2) is 0 Å². The third-order valence-electron chi connectivity index (χ3n) is 3.38. The van der Waals surface area contributed by atoms with Crippen LogP contribution in [-0.4, -0.2) is 5.78 Å². The molecule has 3 rings (SSSR count). The smallest absolute Gasteiger partial charge is 0.133 e. The molecule has 0 aromatic rings. The molecule has 0 spiro atoms. The Balaban J connectivity index is 2.23. The largest absolute Gasteiger partial charge is 0.300 e. The Morgan fingerprint density at radius 3 is 2.70 bits per heavy atom. The molecule has 3 atom stereocenters. The van der Waals surface area contributed by atoms with Gasteiger partial charge in [-0.2, -0.15) is 0 Å². The highest BCUT2D eigenvalue weighted by molar-refractivity contribution is 5.81. The topological polar surface area (TPSA) is 17.1 Å². The van der Waals surface area contributed by atoms with Crippen LogP contribution in [0.25, 0.3) is 0 Å². The van der Waals surface area contributed by atoms with Crippen molar-refractivity contribution in [2.75, 3.05) is 0 Å². The summed E-state index contributed by atoms with van der Waals surface area (Å²) in [6.07, 6.45) is 1.37. The molecule has 3 aliphatic carbocycles. The average Bonchev–Trinajstić information content (AvgIpc) is 1.93. The summed E-state index contributed by atoms with van der Waals surface area (Å²) in [6, 6.07) is 0. The third-order valence-corrected chi connectivity index (χ3v) is 3.38. The summed E-state index contributed by atoms with van der Waals surface area (Å²) in [7, 11) is 0. The second kappa shape index (κ2) is 1.63. The third kappa shape index (κ3) is 0.609. The number of carbonyl (C=O) groups is 1. The summed E-state index contributed by atoms with van der Waals surface area (Å²) in [5.74, 6) is 1.11. The summed E-state index contributed by atoms with van der Waals surface area (Å²) in [6.45, 7) is 4.39. The van der Waals surface area contributed by atoms with Crippen LogP contribution in [0.2, 0.25) is 0 Å². The summed E-state index contributed by atoms with van der Waals surface area (Å²) in [5, 5.41) is 0. The number of carbonyl (C=O) groups excluding carboxylic acids is 1. The summed E-state index contributed by atoms with van der Waals surface area (Å²) >= 11 is 0. The lowest BCUT2D eigenvalue weighted by Crippen LogP contribution is -2.50. The molecule has 0 radical (unpaired) electrons. The van der Waals surface area contributed by atoms with E-state index in [1.807, 2.05) is 0 Å². The van der Waals surface area contributed by atoms with E-state index in [0.29, 0.717) is 18.3 Å². The number of ketones is 1. The lowest BCUT2D eigenvalue weighted by molar-refractivity contribution is -0.140. The predicted molar refractivity (Wildman–Crippen MR) is 39.6 cm³/mol. The second-order valence-electron chi connectivity index (χ2n) is 4.20. The molecular formula is C9H14O. The SMILES string of the molecule is [2H][C@H]1C(=O)C[C@H]2C[C@@H]1C2(C)C. The van der Waals surface area contributed by atoms with Crippen LogP contribution in [0.4, 0.5) is 0 Å². The number of hydrogen-bond donors (Lipinski definition) is 0. The highest BCUT2D eigenvalue weighted by Gasteiger charge is 2.52. The van der Waals surface area contributed by atoms with Crippen LogP contribution in [0, 0.1) is 17.3 Å².